The summed E-state index contributed by atoms with van der Waals surface area (Å²) in [7, 11) is 1.44. The second kappa shape index (κ2) is 3.60. The molecule has 0 radical (unpaired) electrons. The monoisotopic (exact) mass is 230 g/mol. The average molecular weight is 230 g/mol. The van der Waals surface area contributed by atoms with E-state index in [4.69, 9.17) is 5.21 Å². The summed E-state index contributed by atoms with van der Waals surface area (Å²) in [4.78, 5) is 3.71. The van der Waals surface area contributed by atoms with E-state index in [-0.39, 0.29) is 17.3 Å². The lowest BCUT2D eigenvalue weighted by Crippen LogP contribution is -2.26. The van der Waals surface area contributed by atoms with Crippen molar-refractivity contribution < 1.29 is 23.5 Å². The van der Waals surface area contributed by atoms with E-state index >= 15 is 0 Å². The number of nitrogens with zero attached hydrogens (tertiary/aromatic N) is 1. The van der Waals surface area contributed by atoms with Gasteiger partial charge in [-0.05, 0) is 18.2 Å². The van der Waals surface area contributed by atoms with E-state index in [1.54, 1.807) is 0 Å². The van der Waals surface area contributed by atoms with Crippen LogP contribution in [0.2, 0.25) is 0 Å². The molecule has 5 nitrogen and oxygen atoms in total. The molecule has 0 spiro atoms. The molecule has 0 bridgehead atoms. The second-order valence-electron chi connectivity index (χ2n) is 3.01. The fourth-order valence-electron chi connectivity index (χ4n) is 1.34. The molecule has 0 amide bonds. The molecule has 0 aromatic heterocycles. The molecule has 0 atom stereocenters. The minimum Gasteiger partial charge on any atom is -0.395 e. The van der Waals surface area contributed by atoms with Crippen molar-refractivity contribution in [1.82, 2.24) is 5.48 Å². The van der Waals surface area contributed by atoms with Gasteiger partial charge in [-0.3, -0.25) is 15.7 Å². The van der Waals surface area contributed by atoms with Crippen molar-refractivity contribution in [1.29, 1.82) is 0 Å². The number of alkyl halides is 2. The number of amidine groups is 1. The molecule has 1 aliphatic heterocycles. The van der Waals surface area contributed by atoms with E-state index in [0.717, 1.165) is 0 Å². The van der Waals surface area contributed by atoms with E-state index in [1.807, 2.05) is 5.48 Å². The molecule has 2 rings (SSSR count). The fourth-order valence-corrected chi connectivity index (χ4v) is 1.34. The van der Waals surface area contributed by atoms with E-state index in [9.17, 15) is 8.78 Å². The van der Waals surface area contributed by atoms with Gasteiger partial charge in [-0.2, -0.15) is 0 Å². The van der Waals surface area contributed by atoms with Crippen LogP contribution in [0.4, 0.5) is 8.78 Å². The minimum absolute atomic E-state index is 0.0536. The molecular formula is C9H8F2N2O3. The predicted octanol–water partition coefficient (Wildman–Crippen LogP) is 1.36. The van der Waals surface area contributed by atoms with Crippen LogP contribution in [0, 0.1) is 0 Å². The fraction of sp³-hybridized carbons (Fsp3) is 0.222. The normalized spacial score (nSPS) is 17.4. The zero-order chi connectivity index (χ0) is 11.8. The van der Waals surface area contributed by atoms with Gasteiger partial charge in [0.2, 0.25) is 0 Å². The number of ether oxygens (including phenoxy) is 2. The maximum Gasteiger partial charge on any atom is 0.586 e. The first-order chi connectivity index (χ1) is 7.55. The molecule has 16 heavy (non-hydrogen) atoms. The second-order valence-corrected chi connectivity index (χ2v) is 3.01. The summed E-state index contributed by atoms with van der Waals surface area (Å²) in [5, 5.41) is 8.73. The molecule has 1 aliphatic rings. The highest BCUT2D eigenvalue weighted by atomic mass is 19.3. The molecule has 1 aromatic carbocycles. The molecular weight excluding hydrogens is 222 g/mol. The number of benzene rings is 1. The molecule has 0 aliphatic carbocycles. The number of rotatable bonds is 1. The summed E-state index contributed by atoms with van der Waals surface area (Å²) in [6, 6.07) is 4.07. The summed E-state index contributed by atoms with van der Waals surface area (Å²) in [5.41, 5.74) is 2.25. The number of hydrogen-bond acceptors (Lipinski definition) is 4. The highest BCUT2D eigenvalue weighted by Gasteiger charge is 2.43. The number of nitrogens with one attached hydrogen (secondary N) is 1. The zero-order valence-corrected chi connectivity index (χ0v) is 8.20. The van der Waals surface area contributed by atoms with Crippen LogP contribution in [0.5, 0.6) is 11.5 Å². The maximum absolute atomic E-state index is 12.7. The highest BCUT2D eigenvalue weighted by Crippen LogP contribution is 2.41. The number of hydrogen-bond donors (Lipinski definition) is 2. The van der Waals surface area contributed by atoms with E-state index in [0.29, 0.717) is 5.56 Å². The third kappa shape index (κ3) is 1.76. The van der Waals surface area contributed by atoms with Crippen molar-refractivity contribution in [3.8, 4) is 11.5 Å². The lowest BCUT2D eigenvalue weighted by atomic mass is 10.2. The van der Waals surface area contributed by atoms with Gasteiger partial charge in [-0.25, -0.2) is 0 Å². The Hall–Kier alpha value is -1.89. The SMILES string of the molecule is CN=C(NO)c1ccc2c(c1)OC(F)(F)O2. The van der Waals surface area contributed by atoms with Crippen LogP contribution in [-0.4, -0.2) is 24.4 Å². The van der Waals surface area contributed by atoms with Gasteiger partial charge in [-0.15, -0.1) is 8.78 Å². The lowest BCUT2D eigenvalue weighted by Gasteiger charge is -2.04. The van der Waals surface area contributed by atoms with Crippen molar-refractivity contribution in [2.24, 2.45) is 4.99 Å². The summed E-state index contributed by atoms with van der Waals surface area (Å²) in [5.74, 6) is -0.0114. The minimum atomic E-state index is -3.64. The Bertz CT molecular complexity index is 448. The van der Waals surface area contributed by atoms with Gasteiger partial charge < -0.3 is 9.47 Å². The van der Waals surface area contributed by atoms with Crippen molar-refractivity contribution in [2.75, 3.05) is 7.05 Å². The Balaban J connectivity index is 2.36. The molecule has 0 saturated heterocycles. The largest absolute Gasteiger partial charge is 0.586 e. The molecule has 1 aromatic rings. The van der Waals surface area contributed by atoms with Gasteiger partial charge >= 0.3 is 6.29 Å². The van der Waals surface area contributed by atoms with Gasteiger partial charge in [0.25, 0.3) is 0 Å². The number of fused-ring (bicyclic) bond motifs is 1. The van der Waals surface area contributed by atoms with E-state index in [1.165, 1.54) is 25.2 Å². The first-order valence-corrected chi connectivity index (χ1v) is 4.33. The van der Waals surface area contributed by atoms with Crippen molar-refractivity contribution in [3.63, 3.8) is 0 Å². The van der Waals surface area contributed by atoms with Gasteiger partial charge in [0.1, 0.15) is 0 Å². The third-order valence-corrected chi connectivity index (χ3v) is 2.00. The molecule has 2 N–H and O–H groups in total. The summed E-state index contributed by atoms with van der Waals surface area (Å²) >= 11 is 0. The van der Waals surface area contributed by atoms with Crippen molar-refractivity contribution in [2.45, 2.75) is 6.29 Å². The van der Waals surface area contributed by atoms with Gasteiger partial charge in [0, 0.05) is 12.6 Å². The van der Waals surface area contributed by atoms with Crippen LogP contribution in [0.25, 0.3) is 0 Å². The molecule has 0 unspecified atom stereocenters. The Kier molecular flexibility index (Phi) is 2.39. The van der Waals surface area contributed by atoms with Crippen LogP contribution < -0.4 is 15.0 Å². The maximum atomic E-state index is 12.7. The number of hydroxylamine groups is 1. The third-order valence-electron chi connectivity index (χ3n) is 2.00. The molecule has 0 saturated carbocycles. The average Bonchev–Trinajstić information content (AvgIpc) is 2.53. The van der Waals surface area contributed by atoms with Gasteiger partial charge in [0.15, 0.2) is 17.3 Å². The smallest absolute Gasteiger partial charge is 0.395 e. The Morgan fingerprint density at radius 3 is 2.69 bits per heavy atom. The first kappa shape index (κ1) is 10.6. The summed E-state index contributed by atoms with van der Waals surface area (Å²) in [6.45, 7) is 0. The molecule has 86 valence electrons. The van der Waals surface area contributed by atoms with Crippen LogP contribution in [-0.2, 0) is 0 Å². The van der Waals surface area contributed by atoms with Crippen LogP contribution >= 0.6 is 0 Å². The number of aliphatic imine (C=N–C) groups is 1. The quantitative estimate of drug-likeness (QED) is 0.434. The van der Waals surface area contributed by atoms with Crippen LogP contribution in [0.15, 0.2) is 23.2 Å². The van der Waals surface area contributed by atoms with E-state index in [2.05, 4.69) is 14.5 Å². The van der Waals surface area contributed by atoms with Gasteiger partial charge in [-0.1, -0.05) is 0 Å². The Labute approximate surface area is 89.3 Å². The topological polar surface area (TPSA) is 63.1 Å². The highest BCUT2D eigenvalue weighted by molar-refractivity contribution is 5.98. The van der Waals surface area contributed by atoms with Gasteiger partial charge in [0.05, 0.1) is 0 Å². The van der Waals surface area contributed by atoms with E-state index < -0.39 is 6.29 Å². The van der Waals surface area contributed by atoms with Crippen LogP contribution in [0.3, 0.4) is 0 Å². The predicted molar refractivity (Wildman–Crippen MR) is 50.0 cm³/mol. The molecule has 7 heteroatoms. The standard InChI is InChI=1S/C9H8F2N2O3/c1-12-8(13-14)5-2-3-6-7(4-5)16-9(10,11)15-6/h2-4,14H,1H3,(H,12,13). The van der Waals surface area contributed by atoms with Crippen molar-refractivity contribution >= 4 is 5.84 Å². The zero-order valence-electron chi connectivity index (χ0n) is 8.20. The molecule has 1 heterocycles. The molecule has 0 fully saturated rings. The Morgan fingerprint density at radius 1 is 1.38 bits per heavy atom. The summed E-state index contributed by atoms with van der Waals surface area (Å²) < 4.78 is 33.9. The summed E-state index contributed by atoms with van der Waals surface area (Å²) in [6.07, 6.45) is -3.64. The van der Waals surface area contributed by atoms with Crippen LogP contribution in [0.1, 0.15) is 5.56 Å². The van der Waals surface area contributed by atoms with Crippen molar-refractivity contribution in [3.05, 3.63) is 23.8 Å². The lowest BCUT2D eigenvalue weighted by molar-refractivity contribution is -0.286. The Morgan fingerprint density at radius 2 is 2.06 bits per heavy atom. The first-order valence-electron chi connectivity index (χ1n) is 4.33. The number of halogens is 2.